The smallest absolute Gasteiger partial charge is 0.267 e. The van der Waals surface area contributed by atoms with Crippen molar-refractivity contribution in [1.82, 2.24) is 15.3 Å². The number of hydrogen-bond acceptors (Lipinski definition) is 5. The molecule has 2 N–H and O–H groups in total. The Morgan fingerprint density at radius 1 is 1.42 bits per heavy atom. The highest BCUT2D eigenvalue weighted by atomic mass is 32.1. The van der Waals surface area contributed by atoms with Gasteiger partial charge in [0, 0.05) is 29.2 Å². The van der Waals surface area contributed by atoms with Gasteiger partial charge in [0.05, 0.1) is 10.7 Å². The first-order valence-electron chi connectivity index (χ1n) is 7.47. The van der Waals surface area contributed by atoms with Crippen LogP contribution in [-0.2, 0) is 6.54 Å². The molecule has 1 amide bonds. The number of carbonyl (C=O) groups excluding carboxylic acids is 1. The standard InChI is InChI=1S/C17H15N3O3S/c1-10-20-14(8-24-10)12-5-13(18-7-12)17(21)19-6-11-3-2-4-15-16(11)23-9-22-15/h2-5,7-8,18H,6,9H2,1H3,(H,19,21). The van der Waals surface area contributed by atoms with Crippen molar-refractivity contribution in [2.24, 2.45) is 0 Å². The van der Waals surface area contributed by atoms with Crippen LogP contribution in [0.3, 0.4) is 0 Å². The molecule has 0 radical (unpaired) electrons. The van der Waals surface area contributed by atoms with Crippen LogP contribution < -0.4 is 14.8 Å². The van der Waals surface area contributed by atoms with Crippen LogP contribution in [0.2, 0.25) is 0 Å². The molecule has 122 valence electrons. The molecular weight excluding hydrogens is 326 g/mol. The molecule has 0 bridgehead atoms. The van der Waals surface area contributed by atoms with Crippen molar-refractivity contribution in [3.63, 3.8) is 0 Å². The molecule has 4 rings (SSSR count). The number of hydrogen-bond donors (Lipinski definition) is 2. The zero-order chi connectivity index (χ0) is 16.5. The zero-order valence-electron chi connectivity index (χ0n) is 13.0. The molecule has 3 heterocycles. The van der Waals surface area contributed by atoms with Crippen molar-refractivity contribution in [2.75, 3.05) is 6.79 Å². The summed E-state index contributed by atoms with van der Waals surface area (Å²) in [5.74, 6) is 1.23. The molecule has 0 fully saturated rings. The van der Waals surface area contributed by atoms with Crippen molar-refractivity contribution in [3.05, 3.63) is 52.1 Å². The van der Waals surface area contributed by atoms with E-state index in [-0.39, 0.29) is 12.7 Å². The topological polar surface area (TPSA) is 76.2 Å². The second kappa shape index (κ2) is 6.01. The Morgan fingerprint density at radius 3 is 3.17 bits per heavy atom. The van der Waals surface area contributed by atoms with E-state index in [1.54, 1.807) is 23.6 Å². The number of aromatic amines is 1. The number of aromatic nitrogens is 2. The van der Waals surface area contributed by atoms with Crippen LogP contribution in [0.1, 0.15) is 21.1 Å². The van der Waals surface area contributed by atoms with E-state index >= 15 is 0 Å². The van der Waals surface area contributed by atoms with Gasteiger partial charge in [-0.2, -0.15) is 0 Å². The largest absolute Gasteiger partial charge is 0.454 e. The molecule has 1 aliphatic rings. The number of H-pyrrole nitrogens is 1. The maximum Gasteiger partial charge on any atom is 0.267 e. The normalized spacial score (nSPS) is 12.4. The Kier molecular flexibility index (Phi) is 3.70. The molecule has 1 aliphatic heterocycles. The molecule has 0 atom stereocenters. The number of para-hydroxylation sites is 1. The van der Waals surface area contributed by atoms with Gasteiger partial charge in [0.1, 0.15) is 5.69 Å². The highest BCUT2D eigenvalue weighted by Gasteiger charge is 2.18. The van der Waals surface area contributed by atoms with Crippen LogP contribution >= 0.6 is 11.3 Å². The molecular formula is C17H15N3O3S. The summed E-state index contributed by atoms with van der Waals surface area (Å²) in [4.78, 5) is 19.8. The van der Waals surface area contributed by atoms with Crippen LogP contribution in [0.15, 0.2) is 35.8 Å². The van der Waals surface area contributed by atoms with Gasteiger partial charge < -0.3 is 19.8 Å². The quantitative estimate of drug-likeness (QED) is 0.764. The molecule has 3 aromatic rings. The highest BCUT2D eigenvalue weighted by molar-refractivity contribution is 7.09. The summed E-state index contributed by atoms with van der Waals surface area (Å²) in [6.45, 7) is 2.54. The maximum absolute atomic E-state index is 12.3. The number of thiazole rings is 1. The molecule has 1 aromatic carbocycles. The average molecular weight is 341 g/mol. The fourth-order valence-electron chi connectivity index (χ4n) is 2.57. The fraction of sp³-hybridized carbons (Fsp3) is 0.176. The number of carbonyl (C=O) groups is 1. The van der Waals surface area contributed by atoms with E-state index in [1.807, 2.05) is 30.5 Å². The van der Waals surface area contributed by atoms with Gasteiger partial charge in [-0.15, -0.1) is 11.3 Å². The first-order valence-corrected chi connectivity index (χ1v) is 8.35. The Hall–Kier alpha value is -2.80. The minimum absolute atomic E-state index is 0.176. The third kappa shape index (κ3) is 2.74. The molecule has 24 heavy (non-hydrogen) atoms. The van der Waals surface area contributed by atoms with Crippen molar-refractivity contribution in [3.8, 4) is 22.8 Å². The highest BCUT2D eigenvalue weighted by Crippen LogP contribution is 2.35. The molecule has 6 nitrogen and oxygen atoms in total. The lowest BCUT2D eigenvalue weighted by Gasteiger charge is -2.07. The minimum Gasteiger partial charge on any atom is -0.454 e. The van der Waals surface area contributed by atoms with Crippen LogP contribution in [0.4, 0.5) is 0 Å². The molecule has 0 spiro atoms. The van der Waals surface area contributed by atoms with Gasteiger partial charge in [-0.25, -0.2) is 4.98 Å². The summed E-state index contributed by atoms with van der Waals surface area (Å²) in [5.41, 5.74) is 3.17. The number of nitrogens with one attached hydrogen (secondary N) is 2. The van der Waals surface area contributed by atoms with E-state index in [0.29, 0.717) is 23.7 Å². The van der Waals surface area contributed by atoms with Gasteiger partial charge in [0.15, 0.2) is 11.5 Å². The number of nitrogens with zero attached hydrogens (tertiary/aromatic N) is 1. The van der Waals surface area contributed by atoms with Crippen LogP contribution in [0.5, 0.6) is 11.5 Å². The van der Waals surface area contributed by atoms with E-state index in [4.69, 9.17) is 9.47 Å². The average Bonchev–Trinajstić information content (AvgIpc) is 3.31. The first-order chi connectivity index (χ1) is 11.7. The Bertz CT molecular complexity index is 900. The van der Waals surface area contributed by atoms with Gasteiger partial charge in [-0.1, -0.05) is 12.1 Å². The maximum atomic E-state index is 12.3. The van der Waals surface area contributed by atoms with Gasteiger partial charge >= 0.3 is 0 Å². The summed E-state index contributed by atoms with van der Waals surface area (Å²) in [6.07, 6.45) is 1.79. The lowest BCUT2D eigenvalue weighted by molar-refractivity contribution is 0.0946. The molecule has 0 unspecified atom stereocenters. The number of amides is 1. The second-order valence-electron chi connectivity index (χ2n) is 5.39. The Labute approximate surface area is 142 Å². The monoisotopic (exact) mass is 341 g/mol. The summed E-state index contributed by atoms with van der Waals surface area (Å²) in [7, 11) is 0. The Morgan fingerprint density at radius 2 is 2.33 bits per heavy atom. The minimum atomic E-state index is -0.176. The van der Waals surface area contributed by atoms with E-state index in [1.165, 1.54) is 0 Å². The van der Waals surface area contributed by atoms with Crippen molar-refractivity contribution in [2.45, 2.75) is 13.5 Å². The molecule has 0 saturated heterocycles. The molecule has 7 heteroatoms. The van der Waals surface area contributed by atoms with Gasteiger partial charge in [0.25, 0.3) is 5.91 Å². The lowest BCUT2D eigenvalue weighted by atomic mass is 10.2. The number of fused-ring (bicyclic) bond motifs is 1. The number of aryl methyl sites for hydroxylation is 1. The van der Waals surface area contributed by atoms with E-state index in [2.05, 4.69) is 15.3 Å². The van der Waals surface area contributed by atoms with Crippen molar-refractivity contribution in [1.29, 1.82) is 0 Å². The van der Waals surface area contributed by atoms with Gasteiger partial charge in [0.2, 0.25) is 6.79 Å². The number of ether oxygens (including phenoxy) is 2. The summed E-state index contributed by atoms with van der Waals surface area (Å²) < 4.78 is 10.8. The summed E-state index contributed by atoms with van der Waals surface area (Å²) >= 11 is 1.58. The van der Waals surface area contributed by atoms with Crippen LogP contribution in [-0.4, -0.2) is 22.7 Å². The zero-order valence-corrected chi connectivity index (χ0v) is 13.8. The van der Waals surface area contributed by atoms with Crippen LogP contribution in [0, 0.1) is 6.92 Å². The third-order valence-corrected chi connectivity index (χ3v) is 4.53. The van der Waals surface area contributed by atoms with Gasteiger partial charge in [-0.05, 0) is 19.1 Å². The first kappa shape index (κ1) is 14.8. The summed E-state index contributed by atoms with van der Waals surface area (Å²) in [6, 6.07) is 7.44. The lowest BCUT2D eigenvalue weighted by Crippen LogP contribution is -2.23. The van der Waals surface area contributed by atoms with Crippen molar-refractivity contribution >= 4 is 17.2 Å². The Balaban J connectivity index is 1.46. The third-order valence-electron chi connectivity index (χ3n) is 3.76. The predicted molar refractivity (Wildman–Crippen MR) is 90.4 cm³/mol. The van der Waals surface area contributed by atoms with Crippen LogP contribution in [0.25, 0.3) is 11.3 Å². The van der Waals surface area contributed by atoms with E-state index in [0.717, 1.165) is 21.8 Å². The second-order valence-corrected chi connectivity index (χ2v) is 6.45. The number of benzene rings is 1. The van der Waals surface area contributed by atoms with Gasteiger partial charge in [-0.3, -0.25) is 4.79 Å². The molecule has 0 aliphatic carbocycles. The van der Waals surface area contributed by atoms with Crippen molar-refractivity contribution < 1.29 is 14.3 Å². The predicted octanol–water partition coefficient (Wildman–Crippen LogP) is 3.11. The molecule has 2 aromatic heterocycles. The summed E-state index contributed by atoms with van der Waals surface area (Å²) in [5, 5.41) is 5.87. The van der Waals surface area contributed by atoms with E-state index < -0.39 is 0 Å². The fourth-order valence-corrected chi connectivity index (χ4v) is 3.19. The SMILES string of the molecule is Cc1nc(-c2c[nH]c(C(=O)NCc3cccc4c3OCO4)c2)cs1. The van der Waals surface area contributed by atoms with E-state index in [9.17, 15) is 4.79 Å². The number of rotatable bonds is 4. The molecule has 0 saturated carbocycles.